The van der Waals surface area contributed by atoms with E-state index in [2.05, 4.69) is 20.6 Å². The molecule has 2 aromatic heterocycles. The third-order valence-electron chi connectivity index (χ3n) is 4.96. The predicted octanol–water partition coefficient (Wildman–Crippen LogP) is 1.19. The Hall–Kier alpha value is -3.51. The lowest BCUT2D eigenvalue weighted by Crippen LogP contribution is -2.45. The molecule has 0 aliphatic carbocycles. The van der Waals surface area contributed by atoms with Crippen LogP contribution in [0, 0.1) is 0 Å². The van der Waals surface area contributed by atoms with Crippen molar-refractivity contribution >= 4 is 42.5 Å². The van der Waals surface area contributed by atoms with Gasteiger partial charge in [0.15, 0.2) is 0 Å². The van der Waals surface area contributed by atoms with Crippen molar-refractivity contribution < 1.29 is 28.9 Å². The van der Waals surface area contributed by atoms with E-state index in [1.54, 1.807) is 33.0 Å². The van der Waals surface area contributed by atoms with Gasteiger partial charge in [-0.2, -0.15) is 0 Å². The molecule has 2 aromatic rings. The van der Waals surface area contributed by atoms with Gasteiger partial charge in [0.2, 0.25) is 5.91 Å². The quantitative estimate of drug-likeness (QED) is 0.537. The van der Waals surface area contributed by atoms with Crippen molar-refractivity contribution in [3.05, 3.63) is 41.2 Å². The highest BCUT2D eigenvalue weighted by Gasteiger charge is 2.27. The van der Waals surface area contributed by atoms with Gasteiger partial charge in [-0.25, -0.2) is 9.78 Å². The normalized spacial score (nSPS) is 13.5. The molecule has 1 aliphatic heterocycles. The molecule has 1 atom stereocenters. The molecule has 1 radical (unpaired) electrons. The van der Waals surface area contributed by atoms with Gasteiger partial charge >= 0.3 is 13.6 Å². The Bertz CT molecular complexity index is 1100. The molecule has 0 spiro atoms. The van der Waals surface area contributed by atoms with E-state index < -0.39 is 29.6 Å². The zero-order chi connectivity index (χ0) is 25.0. The van der Waals surface area contributed by atoms with Crippen LogP contribution in [0.25, 0.3) is 0 Å². The van der Waals surface area contributed by atoms with Crippen LogP contribution in [0.2, 0.25) is 0 Å². The molecule has 0 aromatic carbocycles. The van der Waals surface area contributed by atoms with E-state index in [1.165, 1.54) is 26.1 Å². The molecule has 3 rings (SSSR count). The van der Waals surface area contributed by atoms with E-state index in [-0.39, 0.29) is 17.3 Å². The van der Waals surface area contributed by atoms with Crippen molar-refractivity contribution in [2.75, 3.05) is 17.7 Å². The van der Waals surface area contributed by atoms with Crippen LogP contribution in [0.1, 0.15) is 49.3 Å². The second kappa shape index (κ2) is 10.2. The topological polar surface area (TPSA) is 143 Å². The molecule has 3 N–H and O–H groups in total. The summed E-state index contributed by atoms with van der Waals surface area (Å²) in [7, 11) is 2.26. The number of pyridine rings is 2. The highest BCUT2D eigenvalue weighted by atomic mass is 16.6. The number of carbonyl (C=O) groups excluding carboxylic acids is 3. The number of carbonyl (C=O) groups is 3. The van der Waals surface area contributed by atoms with Crippen molar-refractivity contribution in [1.29, 1.82) is 0 Å². The summed E-state index contributed by atoms with van der Waals surface area (Å²) in [5.41, 5.74) is 1.60. The molecule has 0 saturated carbocycles. The minimum Gasteiger partial charge on any atom is -0.450 e. The predicted molar refractivity (Wildman–Crippen MR) is 125 cm³/mol. The monoisotopic (exact) mass is 468 g/mol. The number of nitrogens with one attached hydrogen (secondary N) is 2. The summed E-state index contributed by atoms with van der Waals surface area (Å²) in [6.45, 7) is 7.60. The van der Waals surface area contributed by atoms with E-state index in [0.29, 0.717) is 18.7 Å². The number of anilines is 2. The van der Waals surface area contributed by atoms with E-state index in [9.17, 15) is 19.4 Å². The number of likely N-dealkylation sites (N-methyl/N-ethyl adjacent to an activating group) is 1. The summed E-state index contributed by atoms with van der Waals surface area (Å²) in [4.78, 5) is 47.1. The van der Waals surface area contributed by atoms with Gasteiger partial charge in [0, 0.05) is 18.8 Å². The van der Waals surface area contributed by atoms with Gasteiger partial charge in [-0.3, -0.25) is 19.5 Å². The number of amides is 3. The van der Waals surface area contributed by atoms with Crippen LogP contribution in [0.5, 0.6) is 0 Å². The Balaban J connectivity index is 1.71. The molecule has 179 valence electrons. The van der Waals surface area contributed by atoms with E-state index in [1.807, 2.05) is 0 Å². The fourth-order valence-electron chi connectivity index (χ4n) is 3.02. The maximum absolute atomic E-state index is 12.7. The zero-order valence-corrected chi connectivity index (χ0v) is 19.7. The summed E-state index contributed by atoms with van der Waals surface area (Å²) >= 11 is 0. The number of rotatable bonds is 6. The first-order valence-electron chi connectivity index (χ1n) is 10.6. The van der Waals surface area contributed by atoms with Gasteiger partial charge in [0.25, 0.3) is 5.91 Å². The van der Waals surface area contributed by atoms with Crippen molar-refractivity contribution in [2.45, 2.75) is 52.6 Å². The lowest BCUT2D eigenvalue weighted by molar-refractivity contribution is -0.120. The molecular formula is C22H27BN5O6. The Morgan fingerprint density at radius 1 is 1.15 bits per heavy atom. The summed E-state index contributed by atoms with van der Waals surface area (Å²) in [6, 6.07) is 3.62. The second-order valence-electron chi connectivity index (χ2n) is 8.84. The van der Waals surface area contributed by atoms with Crippen molar-refractivity contribution in [3.63, 3.8) is 0 Å². The minimum absolute atomic E-state index is 0.0721. The summed E-state index contributed by atoms with van der Waals surface area (Å²) in [5.74, 6) is -0.876. The lowest BCUT2D eigenvalue weighted by atomic mass is 9.89. The SMILES string of the molecule is CC(C(=O)Nc1cc([B]O)cc(NC(=O)c2cc3c(cn2)COC3)n1)N(C)C(=O)OC(C)(C)C. The van der Waals surface area contributed by atoms with Gasteiger partial charge in [0.05, 0.1) is 13.2 Å². The molecule has 0 saturated heterocycles. The summed E-state index contributed by atoms with van der Waals surface area (Å²) in [5, 5.41) is 14.7. The van der Waals surface area contributed by atoms with Crippen LogP contribution >= 0.6 is 0 Å². The number of hydrogen-bond donors (Lipinski definition) is 3. The van der Waals surface area contributed by atoms with Gasteiger partial charge < -0.3 is 25.1 Å². The number of aromatic nitrogens is 2. The van der Waals surface area contributed by atoms with Crippen molar-refractivity contribution in [3.8, 4) is 0 Å². The molecule has 1 unspecified atom stereocenters. The number of nitrogens with zero attached hydrogens (tertiary/aromatic N) is 3. The Kier molecular flexibility index (Phi) is 7.52. The first kappa shape index (κ1) is 25.1. The smallest absolute Gasteiger partial charge is 0.410 e. The average molecular weight is 468 g/mol. The molecule has 1 aliphatic rings. The van der Waals surface area contributed by atoms with Crippen LogP contribution in [0.15, 0.2) is 24.4 Å². The van der Waals surface area contributed by atoms with Crippen LogP contribution in [0.4, 0.5) is 16.4 Å². The fourth-order valence-corrected chi connectivity index (χ4v) is 3.02. The molecule has 34 heavy (non-hydrogen) atoms. The Morgan fingerprint density at radius 2 is 1.79 bits per heavy atom. The standard InChI is InChI=1S/C22H27BN5O6/c1-12(28(5)21(31)34-22(2,3)4)19(29)26-17-7-15(23-32)8-18(25-17)27-20(30)16-6-13-10-33-11-14(13)9-24-16/h6-9,12,32H,10-11H2,1-5H3,(H2,25,26,27,29,30). The van der Waals surface area contributed by atoms with Gasteiger partial charge in [0.1, 0.15) is 29.0 Å². The van der Waals surface area contributed by atoms with Gasteiger partial charge in [-0.05, 0) is 56.9 Å². The van der Waals surface area contributed by atoms with E-state index >= 15 is 0 Å². The number of hydrogen-bond acceptors (Lipinski definition) is 8. The zero-order valence-electron chi connectivity index (χ0n) is 19.7. The third-order valence-corrected chi connectivity index (χ3v) is 4.96. The van der Waals surface area contributed by atoms with Crippen LogP contribution in [0.3, 0.4) is 0 Å². The average Bonchev–Trinajstić information content (AvgIpc) is 3.24. The first-order valence-corrected chi connectivity index (χ1v) is 10.6. The molecule has 3 heterocycles. The molecule has 0 bridgehead atoms. The largest absolute Gasteiger partial charge is 0.450 e. The second-order valence-corrected chi connectivity index (χ2v) is 8.84. The maximum atomic E-state index is 12.7. The van der Waals surface area contributed by atoms with Gasteiger partial charge in [-0.15, -0.1) is 0 Å². The maximum Gasteiger partial charge on any atom is 0.410 e. The van der Waals surface area contributed by atoms with Gasteiger partial charge in [-0.1, -0.05) is 0 Å². The molecular weight excluding hydrogens is 441 g/mol. The Labute approximate surface area is 198 Å². The fraction of sp³-hybridized carbons (Fsp3) is 0.409. The molecule has 0 fully saturated rings. The van der Waals surface area contributed by atoms with Crippen LogP contribution in [-0.2, 0) is 27.5 Å². The first-order chi connectivity index (χ1) is 16.0. The number of fused-ring (bicyclic) bond motifs is 1. The molecule has 3 amide bonds. The summed E-state index contributed by atoms with van der Waals surface area (Å²) < 4.78 is 10.6. The van der Waals surface area contributed by atoms with Crippen molar-refractivity contribution in [2.24, 2.45) is 0 Å². The van der Waals surface area contributed by atoms with E-state index in [4.69, 9.17) is 9.47 Å². The highest BCUT2D eigenvalue weighted by Crippen LogP contribution is 2.20. The Morgan fingerprint density at radius 3 is 2.44 bits per heavy atom. The molecule has 12 heteroatoms. The minimum atomic E-state index is -0.880. The van der Waals surface area contributed by atoms with Crippen molar-refractivity contribution in [1.82, 2.24) is 14.9 Å². The van der Waals surface area contributed by atoms with E-state index in [0.717, 1.165) is 23.5 Å². The van der Waals surface area contributed by atoms with Crippen LogP contribution < -0.4 is 16.1 Å². The molecule has 11 nitrogen and oxygen atoms in total. The number of ether oxygens (including phenoxy) is 2. The lowest BCUT2D eigenvalue weighted by Gasteiger charge is -2.28. The van der Waals surface area contributed by atoms with Crippen LogP contribution in [-0.4, -0.2) is 64.0 Å². The highest BCUT2D eigenvalue weighted by molar-refractivity contribution is 6.45. The third kappa shape index (κ3) is 6.30. The summed E-state index contributed by atoms with van der Waals surface area (Å²) in [6.07, 6.45) is 0.942.